The summed E-state index contributed by atoms with van der Waals surface area (Å²) in [6.07, 6.45) is 1.50. The highest BCUT2D eigenvalue weighted by Crippen LogP contribution is 1.72. The summed E-state index contributed by atoms with van der Waals surface area (Å²) in [7, 11) is 1.82. The maximum absolute atomic E-state index is 5.18. The zero-order valence-corrected chi connectivity index (χ0v) is 5.36. The van der Waals surface area contributed by atoms with Gasteiger partial charge in [-0.05, 0) is 6.92 Å². The molecule has 0 unspecified atom stereocenters. The zero-order chi connectivity index (χ0) is 6.41. The summed E-state index contributed by atoms with van der Waals surface area (Å²) in [6.45, 7) is 2.91. The molecule has 8 heavy (non-hydrogen) atoms. The minimum absolute atomic E-state index is 0.868. The fourth-order valence-corrected chi connectivity index (χ4v) is 0.421. The van der Waals surface area contributed by atoms with Crippen LogP contribution in [0.2, 0.25) is 0 Å². The summed E-state index contributed by atoms with van der Waals surface area (Å²) in [5.74, 6) is 0.868. The van der Waals surface area contributed by atoms with Crippen molar-refractivity contribution >= 4 is 0 Å². The molecular formula is C5H13N3. The van der Waals surface area contributed by atoms with Crippen molar-refractivity contribution in [1.82, 2.24) is 10.6 Å². The highest BCUT2D eigenvalue weighted by atomic mass is 15.1. The van der Waals surface area contributed by atoms with E-state index in [1.54, 1.807) is 0 Å². The van der Waals surface area contributed by atoms with Crippen LogP contribution < -0.4 is 16.4 Å². The van der Waals surface area contributed by atoms with Gasteiger partial charge in [0.15, 0.2) is 0 Å². The maximum atomic E-state index is 5.18. The van der Waals surface area contributed by atoms with Crippen LogP contribution in [0.25, 0.3) is 0 Å². The van der Waals surface area contributed by atoms with Gasteiger partial charge in [0, 0.05) is 19.8 Å². The number of hydrogen-bond acceptors (Lipinski definition) is 3. The average molecular weight is 115 g/mol. The normalized spacial score (nSPS) is 11.0. The first kappa shape index (κ1) is 7.14. The molecule has 0 aliphatic rings. The highest BCUT2D eigenvalue weighted by molar-refractivity contribution is 4.91. The fourth-order valence-electron chi connectivity index (χ4n) is 0.421. The summed E-state index contributed by atoms with van der Waals surface area (Å²) >= 11 is 0. The largest absolute Gasteiger partial charge is 0.402 e. The Kier molecular flexibility index (Phi) is 3.84. The molecule has 0 radical (unpaired) electrons. The molecule has 0 amide bonds. The van der Waals surface area contributed by atoms with Gasteiger partial charge in [-0.15, -0.1) is 0 Å². The van der Waals surface area contributed by atoms with Crippen LogP contribution in [0.15, 0.2) is 12.0 Å². The van der Waals surface area contributed by atoms with Gasteiger partial charge in [-0.3, -0.25) is 0 Å². The molecule has 0 aliphatic heterocycles. The summed E-state index contributed by atoms with van der Waals surface area (Å²) in [5, 5.41) is 5.88. The van der Waals surface area contributed by atoms with Gasteiger partial charge in [0.25, 0.3) is 0 Å². The van der Waals surface area contributed by atoms with Crippen molar-refractivity contribution in [3.8, 4) is 0 Å². The topological polar surface area (TPSA) is 50.1 Å². The van der Waals surface area contributed by atoms with E-state index >= 15 is 0 Å². The minimum Gasteiger partial charge on any atom is -0.402 e. The van der Waals surface area contributed by atoms with Crippen molar-refractivity contribution < 1.29 is 0 Å². The van der Waals surface area contributed by atoms with Gasteiger partial charge < -0.3 is 16.4 Å². The van der Waals surface area contributed by atoms with E-state index in [1.807, 2.05) is 14.0 Å². The minimum atomic E-state index is 0.868. The van der Waals surface area contributed by atoms with Crippen molar-refractivity contribution in [2.24, 2.45) is 5.73 Å². The fraction of sp³-hybridized carbons (Fsp3) is 0.600. The van der Waals surface area contributed by atoms with E-state index in [4.69, 9.17) is 5.73 Å². The van der Waals surface area contributed by atoms with Gasteiger partial charge in [-0.2, -0.15) is 0 Å². The van der Waals surface area contributed by atoms with Crippen molar-refractivity contribution in [1.29, 1.82) is 0 Å². The van der Waals surface area contributed by atoms with Gasteiger partial charge >= 0.3 is 0 Å². The van der Waals surface area contributed by atoms with Crippen molar-refractivity contribution in [2.45, 2.75) is 6.92 Å². The lowest BCUT2D eigenvalue weighted by Crippen LogP contribution is -2.23. The second-order valence-electron chi connectivity index (χ2n) is 1.36. The SMILES string of the molecule is CCN/C(=C/N)NC. The molecule has 48 valence electrons. The Morgan fingerprint density at radius 2 is 2.38 bits per heavy atom. The number of hydrogen-bond donors (Lipinski definition) is 3. The third-order valence-electron chi connectivity index (χ3n) is 0.803. The molecule has 0 spiro atoms. The Bertz CT molecular complexity index is 77.7. The van der Waals surface area contributed by atoms with Gasteiger partial charge in [0.05, 0.1) is 0 Å². The number of nitrogens with one attached hydrogen (secondary N) is 2. The maximum Gasteiger partial charge on any atom is 0.114 e. The van der Waals surface area contributed by atoms with Crippen LogP contribution >= 0.6 is 0 Å². The summed E-state index contributed by atoms with van der Waals surface area (Å²) < 4.78 is 0. The summed E-state index contributed by atoms with van der Waals surface area (Å²) in [5.41, 5.74) is 5.18. The second kappa shape index (κ2) is 4.30. The van der Waals surface area contributed by atoms with Crippen LogP contribution in [0.4, 0.5) is 0 Å². The van der Waals surface area contributed by atoms with E-state index in [-0.39, 0.29) is 0 Å². The van der Waals surface area contributed by atoms with Crippen LogP contribution in [0.3, 0.4) is 0 Å². The molecule has 0 aromatic rings. The molecule has 0 aliphatic carbocycles. The molecule has 0 atom stereocenters. The molecule has 0 aromatic heterocycles. The Morgan fingerprint density at radius 3 is 2.50 bits per heavy atom. The van der Waals surface area contributed by atoms with Gasteiger partial charge in [0.1, 0.15) is 5.82 Å². The van der Waals surface area contributed by atoms with Crippen molar-refractivity contribution in [3.63, 3.8) is 0 Å². The molecule has 0 saturated carbocycles. The molecule has 0 rings (SSSR count). The van der Waals surface area contributed by atoms with Crippen LogP contribution in [0.1, 0.15) is 6.92 Å². The van der Waals surface area contributed by atoms with E-state index in [0.29, 0.717) is 0 Å². The third kappa shape index (κ3) is 2.34. The van der Waals surface area contributed by atoms with Crippen LogP contribution in [0.5, 0.6) is 0 Å². The summed E-state index contributed by atoms with van der Waals surface area (Å²) in [4.78, 5) is 0. The molecule has 0 saturated heterocycles. The van der Waals surface area contributed by atoms with Gasteiger partial charge in [-0.1, -0.05) is 0 Å². The van der Waals surface area contributed by atoms with Crippen molar-refractivity contribution in [2.75, 3.05) is 13.6 Å². The Hall–Kier alpha value is -0.860. The van der Waals surface area contributed by atoms with Crippen LogP contribution in [-0.4, -0.2) is 13.6 Å². The standard InChI is InChI=1S/C5H13N3/c1-3-8-5(4-6)7-2/h4,7-8H,3,6H2,1-2H3/b5-4+. The quantitative estimate of drug-likeness (QED) is 0.468. The van der Waals surface area contributed by atoms with Crippen molar-refractivity contribution in [3.05, 3.63) is 12.0 Å². The van der Waals surface area contributed by atoms with Crippen LogP contribution in [-0.2, 0) is 0 Å². The summed E-state index contributed by atoms with van der Waals surface area (Å²) in [6, 6.07) is 0. The van der Waals surface area contributed by atoms with E-state index in [2.05, 4.69) is 10.6 Å². The predicted molar refractivity (Wildman–Crippen MR) is 35.0 cm³/mol. The van der Waals surface area contributed by atoms with E-state index < -0.39 is 0 Å². The lowest BCUT2D eigenvalue weighted by Gasteiger charge is -2.04. The zero-order valence-electron chi connectivity index (χ0n) is 5.36. The molecule has 3 nitrogen and oxygen atoms in total. The predicted octanol–water partition coefficient (Wildman–Crippen LogP) is -0.427. The van der Waals surface area contributed by atoms with E-state index in [0.717, 1.165) is 12.4 Å². The molecule has 4 N–H and O–H groups in total. The second-order valence-corrected chi connectivity index (χ2v) is 1.36. The first-order chi connectivity index (χ1) is 3.85. The number of rotatable bonds is 3. The highest BCUT2D eigenvalue weighted by Gasteiger charge is 1.82. The first-order valence-corrected chi connectivity index (χ1v) is 2.68. The lowest BCUT2D eigenvalue weighted by molar-refractivity contribution is 0.762. The number of nitrogens with two attached hydrogens (primary N) is 1. The average Bonchev–Trinajstić information content (AvgIpc) is 1.83. The molecule has 0 bridgehead atoms. The van der Waals surface area contributed by atoms with E-state index in [1.165, 1.54) is 6.20 Å². The molecule has 0 heterocycles. The molecule has 3 heteroatoms. The monoisotopic (exact) mass is 115 g/mol. The molecule has 0 aromatic carbocycles. The molecular weight excluding hydrogens is 102 g/mol. The third-order valence-corrected chi connectivity index (χ3v) is 0.803. The van der Waals surface area contributed by atoms with Crippen LogP contribution in [0, 0.1) is 0 Å². The Morgan fingerprint density at radius 1 is 1.75 bits per heavy atom. The van der Waals surface area contributed by atoms with Gasteiger partial charge in [0.2, 0.25) is 0 Å². The smallest absolute Gasteiger partial charge is 0.114 e. The first-order valence-electron chi connectivity index (χ1n) is 2.68. The lowest BCUT2D eigenvalue weighted by atomic mass is 10.6. The van der Waals surface area contributed by atoms with E-state index in [9.17, 15) is 0 Å². The van der Waals surface area contributed by atoms with Gasteiger partial charge in [-0.25, -0.2) is 0 Å². The molecule has 0 fully saturated rings. The Labute approximate surface area is 49.9 Å². The Balaban J connectivity index is 3.38.